The molecule has 1 aromatic rings. The van der Waals surface area contributed by atoms with Crippen LogP contribution in [0.2, 0.25) is 0 Å². The third kappa shape index (κ3) is 4.10. The van der Waals surface area contributed by atoms with E-state index >= 15 is 0 Å². The molecule has 28 heavy (non-hydrogen) atoms. The normalized spacial score (nSPS) is 21.4. The molecule has 1 aromatic carbocycles. The lowest BCUT2D eigenvalue weighted by molar-refractivity contribution is 0.235. The van der Waals surface area contributed by atoms with E-state index in [1.807, 2.05) is 44.6 Å². The van der Waals surface area contributed by atoms with Gasteiger partial charge in [-0.15, -0.1) is 4.99 Å². The van der Waals surface area contributed by atoms with Crippen LogP contribution in [0.3, 0.4) is 0 Å². The summed E-state index contributed by atoms with van der Waals surface area (Å²) >= 11 is 0. The number of nitriles is 1. The highest BCUT2D eigenvalue weighted by Crippen LogP contribution is 2.41. The average molecular weight is 381 g/mol. The van der Waals surface area contributed by atoms with Gasteiger partial charge in [-0.1, -0.05) is 37.3 Å². The number of guanidine groups is 1. The molecule has 0 spiro atoms. The number of benzene rings is 1. The Kier molecular flexibility index (Phi) is 6.48. The molecule has 1 fully saturated rings. The molecule has 5 nitrogen and oxygen atoms in total. The zero-order chi connectivity index (χ0) is 20.1. The van der Waals surface area contributed by atoms with E-state index in [2.05, 4.69) is 38.7 Å². The Labute approximate surface area is 167 Å². The number of allylic oxidation sites excluding steroid dienone is 2. The zero-order valence-electron chi connectivity index (χ0n) is 16.8. The van der Waals surface area contributed by atoms with Crippen molar-refractivity contribution in [2.75, 3.05) is 27.2 Å². The highest BCUT2D eigenvalue weighted by atomic mass is 19.1. The van der Waals surface area contributed by atoms with Crippen molar-refractivity contribution in [3.63, 3.8) is 0 Å². The molecule has 0 radical (unpaired) electrons. The summed E-state index contributed by atoms with van der Waals surface area (Å²) in [5, 5.41) is 9.38. The largest absolute Gasteiger partial charge is 0.326 e. The van der Waals surface area contributed by atoms with E-state index in [0.29, 0.717) is 12.4 Å². The molecule has 0 N–H and O–H groups in total. The van der Waals surface area contributed by atoms with Gasteiger partial charge in [-0.05, 0) is 51.2 Å². The van der Waals surface area contributed by atoms with E-state index in [1.54, 1.807) is 6.08 Å². The smallest absolute Gasteiger partial charge is 0.217 e. The molecule has 0 bridgehead atoms. The number of nitrogens with zero attached hydrogens (tertiary/aromatic N) is 5. The maximum absolute atomic E-state index is 14.3. The van der Waals surface area contributed by atoms with E-state index < -0.39 is 0 Å². The topological polar surface area (TPSA) is 45.9 Å². The van der Waals surface area contributed by atoms with Crippen LogP contribution >= 0.6 is 0 Å². The van der Waals surface area contributed by atoms with E-state index in [0.717, 1.165) is 37.2 Å². The Morgan fingerprint density at radius 1 is 1.29 bits per heavy atom. The van der Waals surface area contributed by atoms with Gasteiger partial charge in [0.05, 0.1) is 12.1 Å². The van der Waals surface area contributed by atoms with E-state index in [4.69, 9.17) is 0 Å². The van der Waals surface area contributed by atoms with Crippen LogP contribution in [0, 0.1) is 11.5 Å². The van der Waals surface area contributed by atoms with Crippen LogP contribution in [0.4, 0.5) is 4.39 Å². The van der Waals surface area contributed by atoms with E-state index in [-0.39, 0.29) is 17.9 Å². The summed E-state index contributed by atoms with van der Waals surface area (Å²) in [6.45, 7) is 3.74. The summed E-state index contributed by atoms with van der Waals surface area (Å²) in [6.07, 6.45) is 7.45. The molecule has 0 amide bonds. The fourth-order valence-corrected chi connectivity index (χ4v) is 4.04. The van der Waals surface area contributed by atoms with E-state index in [9.17, 15) is 9.65 Å². The molecule has 1 heterocycles. The highest BCUT2D eigenvalue weighted by Gasteiger charge is 2.44. The number of hydrogen-bond acceptors (Lipinski definition) is 3. The van der Waals surface area contributed by atoms with Crippen molar-refractivity contribution in [2.45, 2.75) is 38.3 Å². The number of halogens is 1. The van der Waals surface area contributed by atoms with Crippen molar-refractivity contribution in [1.29, 1.82) is 5.26 Å². The highest BCUT2D eigenvalue weighted by molar-refractivity contribution is 5.87. The Balaban J connectivity index is 2.07. The van der Waals surface area contributed by atoms with Crippen molar-refractivity contribution in [2.24, 2.45) is 4.99 Å². The molecule has 0 aromatic heterocycles. The molecular formula is C22H28FN5. The maximum Gasteiger partial charge on any atom is 0.217 e. The van der Waals surface area contributed by atoms with Gasteiger partial charge in [0.15, 0.2) is 0 Å². The van der Waals surface area contributed by atoms with Crippen molar-refractivity contribution in [1.82, 2.24) is 14.7 Å². The summed E-state index contributed by atoms with van der Waals surface area (Å²) in [7, 11) is 4.10. The monoisotopic (exact) mass is 381 g/mol. The standard InChI is InChI=1S/C22H28FN5/c1-4-13-27-20-11-10-18(23)15-21(20)28(22(27)25-16-24)19(12-14-26(2)3)17-8-6-5-7-9-17/h5-11,19,21H,4,12-15H2,1-3H3/b25-22+/t19-,21?/m1/s1. The summed E-state index contributed by atoms with van der Waals surface area (Å²) in [5.41, 5.74) is 2.19. The minimum Gasteiger partial charge on any atom is -0.326 e. The third-order valence-electron chi connectivity index (χ3n) is 5.25. The Hall–Kier alpha value is -2.65. The van der Waals surface area contributed by atoms with Crippen molar-refractivity contribution in [3.05, 3.63) is 59.6 Å². The summed E-state index contributed by atoms with van der Waals surface area (Å²) in [4.78, 5) is 10.6. The van der Waals surface area contributed by atoms with Crippen LogP contribution in [-0.2, 0) is 0 Å². The third-order valence-corrected chi connectivity index (χ3v) is 5.25. The van der Waals surface area contributed by atoms with Crippen LogP contribution in [0.1, 0.15) is 37.8 Å². The molecule has 1 aliphatic carbocycles. The number of rotatable bonds is 7. The number of hydrogen-bond donors (Lipinski definition) is 0. The van der Waals surface area contributed by atoms with Crippen molar-refractivity contribution >= 4 is 5.96 Å². The Bertz CT molecular complexity index is 806. The fourth-order valence-electron chi connectivity index (χ4n) is 4.04. The van der Waals surface area contributed by atoms with Crippen LogP contribution in [0.5, 0.6) is 0 Å². The predicted octanol–water partition coefficient (Wildman–Crippen LogP) is 4.05. The van der Waals surface area contributed by atoms with E-state index in [1.165, 1.54) is 0 Å². The molecule has 0 saturated carbocycles. The predicted molar refractivity (Wildman–Crippen MR) is 110 cm³/mol. The van der Waals surface area contributed by atoms with Gasteiger partial charge >= 0.3 is 0 Å². The molecule has 1 unspecified atom stereocenters. The second-order valence-corrected chi connectivity index (χ2v) is 7.51. The van der Waals surface area contributed by atoms with Gasteiger partial charge in [0.2, 0.25) is 12.2 Å². The minimum absolute atomic E-state index is 0.0110. The van der Waals surface area contributed by atoms with Crippen molar-refractivity contribution in [3.8, 4) is 6.19 Å². The summed E-state index contributed by atoms with van der Waals surface area (Å²) in [6, 6.07) is 10.1. The number of aliphatic imine (C=N–C) groups is 1. The SMILES string of the molecule is CCCN1C2=CC=C(F)CC2N([C@H](CCN(C)C)c2ccccc2)/C1=N/C#N. The van der Waals surface area contributed by atoms with Gasteiger partial charge in [-0.25, -0.2) is 4.39 Å². The van der Waals surface area contributed by atoms with Gasteiger partial charge < -0.3 is 14.7 Å². The summed E-state index contributed by atoms with van der Waals surface area (Å²) < 4.78 is 14.3. The average Bonchev–Trinajstić information content (AvgIpc) is 2.96. The van der Waals surface area contributed by atoms with Gasteiger partial charge in [0, 0.05) is 18.7 Å². The van der Waals surface area contributed by atoms with Crippen LogP contribution in [0.25, 0.3) is 0 Å². The first kappa shape index (κ1) is 20.1. The van der Waals surface area contributed by atoms with Gasteiger partial charge in [0.25, 0.3) is 0 Å². The molecular weight excluding hydrogens is 353 g/mol. The maximum atomic E-state index is 14.3. The van der Waals surface area contributed by atoms with Crippen LogP contribution in [0.15, 0.2) is 59.0 Å². The first-order chi connectivity index (χ1) is 13.6. The van der Waals surface area contributed by atoms with Gasteiger partial charge in [-0.3, -0.25) is 0 Å². The quantitative estimate of drug-likeness (QED) is 0.669. The number of fused-ring (bicyclic) bond motifs is 1. The second-order valence-electron chi connectivity index (χ2n) is 7.51. The molecule has 6 heteroatoms. The molecule has 3 rings (SSSR count). The van der Waals surface area contributed by atoms with Crippen LogP contribution < -0.4 is 0 Å². The minimum atomic E-state index is -0.143. The van der Waals surface area contributed by atoms with Gasteiger partial charge in [-0.2, -0.15) is 5.26 Å². The lowest BCUT2D eigenvalue weighted by Gasteiger charge is -2.35. The van der Waals surface area contributed by atoms with Gasteiger partial charge in [0.1, 0.15) is 5.83 Å². The molecule has 2 atom stereocenters. The first-order valence-corrected chi connectivity index (χ1v) is 9.85. The Morgan fingerprint density at radius 2 is 2.04 bits per heavy atom. The molecule has 148 valence electrons. The summed E-state index contributed by atoms with van der Waals surface area (Å²) in [5.74, 6) is 0.504. The second kappa shape index (κ2) is 9.03. The fraction of sp³-hybridized carbons (Fsp3) is 0.455. The molecule has 1 aliphatic heterocycles. The Morgan fingerprint density at radius 3 is 2.68 bits per heavy atom. The molecule has 2 aliphatic rings. The van der Waals surface area contributed by atoms with Crippen LogP contribution in [-0.4, -0.2) is 53.9 Å². The molecule has 1 saturated heterocycles. The first-order valence-electron chi connectivity index (χ1n) is 9.85. The zero-order valence-corrected chi connectivity index (χ0v) is 16.8. The van der Waals surface area contributed by atoms with Crippen molar-refractivity contribution < 1.29 is 4.39 Å². The lowest BCUT2D eigenvalue weighted by atomic mass is 9.97. The lowest BCUT2D eigenvalue weighted by Crippen LogP contribution is -2.40.